The van der Waals surface area contributed by atoms with Gasteiger partial charge in [0.2, 0.25) is 0 Å². The van der Waals surface area contributed by atoms with E-state index in [9.17, 15) is 0 Å². The van der Waals surface area contributed by atoms with Crippen LogP contribution in [0.3, 0.4) is 0 Å². The second-order valence-electron chi connectivity index (χ2n) is 5.38. The molecule has 0 spiro atoms. The van der Waals surface area contributed by atoms with Crippen LogP contribution in [0.4, 0.5) is 0 Å². The number of aromatic nitrogens is 1. The molecule has 0 saturated heterocycles. The molecule has 0 unspecified atom stereocenters. The Labute approximate surface area is 118 Å². The number of benzene rings is 1. The molecule has 94 valence electrons. The first-order valence-corrected chi connectivity index (χ1v) is 6.24. The summed E-state index contributed by atoms with van der Waals surface area (Å²) in [4.78, 5) is 4.02. The Balaban J connectivity index is 2.52. The summed E-state index contributed by atoms with van der Waals surface area (Å²) in [6.07, 6.45) is 1.52. The van der Waals surface area contributed by atoms with Crippen molar-refractivity contribution < 1.29 is 4.11 Å². The second kappa shape index (κ2) is 4.74. The van der Waals surface area contributed by atoms with Crippen LogP contribution < -0.4 is 0 Å². The quantitative estimate of drug-likeness (QED) is 0.659. The minimum Gasteiger partial charge on any atom is -0.244 e. The Morgan fingerprint density at radius 1 is 1.17 bits per heavy atom. The van der Waals surface area contributed by atoms with Crippen LogP contribution >= 0.6 is 11.6 Å². The highest BCUT2D eigenvalue weighted by Crippen LogP contribution is 2.28. The Morgan fingerprint density at radius 2 is 1.83 bits per heavy atom. The Bertz CT molecular complexity index is 640. The largest absolute Gasteiger partial charge is 0.244 e. The van der Waals surface area contributed by atoms with Crippen LogP contribution in [-0.2, 0) is 5.41 Å². The van der Waals surface area contributed by atoms with Crippen molar-refractivity contribution in [2.45, 2.75) is 33.0 Å². The summed E-state index contributed by atoms with van der Waals surface area (Å²) in [6, 6.07) is 9.32. The van der Waals surface area contributed by atoms with Crippen molar-refractivity contribution >= 4 is 11.6 Å². The van der Waals surface area contributed by atoms with Crippen LogP contribution in [0.1, 0.15) is 36.0 Å². The van der Waals surface area contributed by atoms with E-state index in [1.54, 1.807) is 0 Å². The molecule has 0 amide bonds. The van der Waals surface area contributed by atoms with Crippen LogP contribution in [0.25, 0.3) is 11.1 Å². The van der Waals surface area contributed by atoms with E-state index in [0.29, 0.717) is 5.56 Å². The molecule has 18 heavy (non-hydrogen) atoms. The molecule has 0 fully saturated rings. The number of rotatable bonds is 1. The Kier molecular flexibility index (Phi) is 2.52. The molecule has 1 aromatic heterocycles. The third-order valence-corrected chi connectivity index (χ3v) is 3.14. The topological polar surface area (TPSA) is 12.9 Å². The van der Waals surface area contributed by atoms with Gasteiger partial charge in [-0.25, -0.2) is 4.98 Å². The standard InChI is InChI=1S/C16H18ClN/c1-11-9-15(17)18-10-14(11)12-5-7-13(8-6-12)16(2,3)4/h5-10H,1-4H3/i1D3. The molecule has 0 radical (unpaired) electrons. The van der Waals surface area contributed by atoms with Crippen molar-refractivity contribution in [3.63, 3.8) is 0 Å². The lowest BCUT2D eigenvalue weighted by Gasteiger charge is -2.19. The first kappa shape index (κ1) is 9.57. The predicted molar refractivity (Wildman–Crippen MR) is 78.1 cm³/mol. The minimum absolute atomic E-state index is 0.0592. The lowest BCUT2D eigenvalue weighted by atomic mass is 9.86. The average molecular weight is 263 g/mol. The van der Waals surface area contributed by atoms with Gasteiger partial charge in [-0.1, -0.05) is 56.6 Å². The molecular formula is C16H18ClN. The zero-order chi connectivity index (χ0) is 15.8. The molecule has 2 aromatic rings. The van der Waals surface area contributed by atoms with E-state index in [2.05, 4.69) is 25.8 Å². The monoisotopic (exact) mass is 262 g/mol. The van der Waals surface area contributed by atoms with Gasteiger partial charge in [0.1, 0.15) is 5.15 Å². The summed E-state index contributed by atoms with van der Waals surface area (Å²) in [5, 5.41) is 0.191. The molecule has 2 rings (SSSR count). The first-order valence-electron chi connectivity index (χ1n) is 7.36. The van der Waals surface area contributed by atoms with E-state index in [4.69, 9.17) is 15.7 Å². The van der Waals surface area contributed by atoms with Crippen LogP contribution in [0.5, 0.6) is 0 Å². The number of nitrogens with zero attached hydrogens (tertiary/aromatic N) is 1. The summed E-state index contributed by atoms with van der Waals surface area (Å²) < 4.78 is 22.9. The minimum atomic E-state index is -2.22. The van der Waals surface area contributed by atoms with Gasteiger partial charge < -0.3 is 0 Å². The van der Waals surface area contributed by atoms with Crippen molar-refractivity contribution in [3.8, 4) is 11.1 Å². The summed E-state index contributed by atoms with van der Waals surface area (Å²) in [7, 11) is 0. The highest BCUT2D eigenvalue weighted by atomic mass is 35.5. The van der Waals surface area contributed by atoms with Gasteiger partial charge in [0.15, 0.2) is 0 Å². The zero-order valence-corrected chi connectivity index (χ0v) is 11.5. The summed E-state index contributed by atoms with van der Waals surface area (Å²) in [6.45, 7) is 4.20. The van der Waals surface area contributed by atoms with E-state index in [-0.39, 0.29) is 16.1 Å². The lowest BCUT2D eigenvalue weighted by Crippen LogP contribution is -2.10. The molecule has 1 nitrogen and oxygen atoms in total. The fourth-order valence-corrected chi connectivity index (χ4v) is 1.97. The second-order valence-corrected chi connectivity index (χ2v) is 5.77. The van der Waals surface area contributed by atoms with Crippen molar-refractivity contribution in [1.82, 2.24) is 4.98 Å². The molecule has 1 aromatic carbocycles. The maximum Gasteiger partial charge on any atom is 0.129 e. The number of hydrogen-bond donors (Lipinski definition) is 0. The highest BCUT2D eigenvalue weighted by Gasteiger charge is 2.13. The van der Waals surface area contributed by atoms with E-state index in [1.165, 1.54) is 17.8 Å². The lowest BCUT2D eigenvalue weighted by molar-refractivity contribution is 0.590. The summed E-state index contributed by atoms with van der Waals surface area (Å²) >= 11 is 5.83. The van der Waals surface area contributed by atoms with Gasteiger partial charge in [0.25, 0.3) is 0 Å². The van der Waals surface area contributed by atoms with Gasteiger partial charge in [-0.15, -0.1) is 0 Å². The Morgan fingerprint density at radius 3 is 2.39 bits per heavy atom. The van der Waals surface area contributed by atoms with Crippen LogP contribution in [-0.4, -0.2) is 4.98 Å². The SMILES string of the molecule is [2H]C([2H])([2H])c1cc(Cl)ncc1-c1ccc(C(C)(C)C)cc1. The van der Waals surface area contributed by atoms with Gasteiger partial charge in [0, 0.05) is 15.9 Å². The van der Waals surface area contributed by atoms with Crippen molar-refractivity contribution in [3.05, 3.63) is 52.8 Å². The average Bonchev–Trinajstić information content (AvgIpc) is 2.37. The normalized spacial score (nSPS) is 14.8. The van der Waals surface area contributed by atoms with Crippen LogP contribution in [0, 0.1) is 6.85 Å². The van der Waals surface area contributed by atoms with Crippen molar-refractivity contribution in [1.29, 1.82) is 0 Å². The fourth-order valence-electron chi connectivity index (χ4n) is 1.81. The van der Waals surface area contributed by atoms with Gasteiger partial charge in [-0.05, 0) is 35.0 Å². The van der Waals surface area contributed by atoms with Crippen LogP contribution in [0.2, 0.25) is 5.15 Å². The van der Waals surface area contributed by atoms with Gasteiger partial charge in [0.05, 0.1) is 0 Å². The summed E-state index contributed by atoms with van der Waals surface area (Å²) in [5.41, 5.74) is 2.91. The van der Waals surface area contributed by atoms with Gasteiger partial charge in [-0.3, -0.25) is 0 Å². The van der Waals surface area contributed by atoms with Crippen molar-refractivity contribution in [2.24, 2.45) is 0 Å². The Hall–Kier alpha value is -1.34. The molecule has 0 aliphatic rings. The van der Waals surface area contributed by atoms with E-state index >= 15 is 0 Å². The maximum atomic E-state index is 7.65. The van der Waals surface area contributed by atoms with Gasteiger partial charge in [-0.2, -0.15) is 0 Å². The molecule has 0 bridgehead atoms. The molecule has 0 N–H and O–H groups in total. The first-order chi connectivity index (χ1) is 9.59. The number of pyridine rings is 1. The zero-order valence-electron chi connectivity index (χ0n) is 13.8. The van der Waals surface area contributed by atoms with Crippen molar-refractivity contribution in [2.75, 3.05) is 0 Å². The predicted octanol–water partition coefficient (Wildman–Crippen LogP) is 5.01. The summed E-state index contributed by atoms with van der Waals surface area (Å²) in [5.74, 6) is 0. The van der Waals surface area contributed by atoms with E-state index < -0.39 is 6.85 Å². The van der Waals surface area contributed by atoms with Crippen LogP contribution in [0.15, 0.2) is 36.5 Å². The number of halogens is 1. The molecule has 0 atom stereocenters. The molecule has 2 heteroatoms. The molecule has 1 heterocycles. The number of aryl methyl sites for hydroxylation is 1. The third-order valence-electron chi connectivity index (χ3n) is 2.93. The van der Waals surface area contributed by atoms with E-state index in [1.807, 2.05) is 24.3 Å². The molecule has 0 saturated carbocycles. The number of hydrogen-bond acceptors (Lipinski definition) is 1. The fraction of sp³-hybridized carbons (Fsp3) is 0.312. The maximum absolute atomic E-state index is 7.65. The molecular weight excluding hydrogens is 242 g/mol. The highest BCUT2D eigenvalue weighted by molar-refractivity contribution is 6.29. The van der Waals surface area contributed by atoms with Gasteiger partial charge >= 0.3 is 0 Å². The molecule has 0 aliphatic carbocycles. The smallest absolute Gasteiger partial charge is 0.129 e. The third kappa shape index (κ3) is 2.73. The molecule has 0 aliphatic heterocycles. The van der Waals surface area contributed by atoms with E-state index in [0.717, 1.165) is 5.56 Å².